The number of amidine groups is 1. The zero-order valence-corrected chi connectivity index (χ0v) is 11.8. The van der Waals surface area contributed by atoms with E-state index in [1.807, 2.05) is 10.3 Å². The molecule has 2 heterocycles. The molecule has 0 aromatic heterocycles. The Bertz CT molecular complexity index is 699. The van der Waals surface area contributed by atoms with Crippen molar-refractivity contribution in [3.63, 3.8) is 0 Å². The Balaban J connectivity index is 1.98. The molecule has 2 N–H and O–H groups in total. The van der Waals surface area contributed by atoms with Crippen molar-refractivity contribution in [2.45, 2.75) is 6.42 Å². The summed E-state index contributed by atoms with van der Waals surface area (Å²) in [5.74, 6) is -0.588. The largest absolute Gasteiger partial charge is 0.369 e. The molecule has 21 heavy (non-hydrogen) atoms. The molecule has 108 valence electrons. The topological polar surface area (TPSA) is 102 Å². The van der Waals surface area contributed by atoms with E-state index in [0.29, 0.717) is 5.56 Å². The first kappa shape index (κ1) is 13.6. The molecule has 0 spiro atoms. The van der Waals surface area contributed by atoms with Crippen molar-refractivity contribution in [1.29, 1.82) is 0 Å². The molecule has 0 fully saturated rings. The van der Waals surface area contributed by atoms with E-state index >= 15 is 0 Å². The molecular formula is C13H12N4O3S. The molecule has 0 bridgehead atoms. The number of benzene rings is 1. The number of thioether (sulfide) groups is 1. The van der Waals surface area contributed by atoms with Crippen LogP contribution in [-0.2, 0) is 11.2 Å². The van der Waals surface area contributed by atoms with Crippen molar-refractivity contribution in [3.8, 4) is 0 Å². The van der Waals surface area contributed by atoms with Gasteiger partial charge in [0.1, 0.15) is 0 Å². The molecule has 1 aromatic carbocycles. The molecule has 0 saturated heterocycles. The summed E-state index contributed by atoms with van der Waals surface area (Å²) in [6.45, 7) is 1.52. The van der Waals surface area contributed by atoms with Gasteiger partial charge in [-0.05, 0) is 0 Å². The van der Waals surface area contributed by atoms with Crippen molar-refractivity contribution >= 4 is 34.2 Å². The number of nitro benzene ring substituents is 1. The fourth-order valence-corrected chi connectivity index (χ4v) is 3.34. The highest BCUT2D eigenvalue weighted by Crippen LogP contribution is 2.36. The summed E-state index contributed by atoms with van der Waals surface area (Å²) >= 11 is 1.51. The highest BCUT2D eigenvalue weighted by Gasteiger charge is 2.28. The Hall–Kier alpha value is -2.35. The van der Waals surface area contributed by atoms with Gasteiger partial charge in [0, 0.05) is 29.1 Å². The summed E-state index contributed by atoms with van der Waals surface area (Å²) in [5.41, 5.74) is 7.03. The number of primary amides is 1. The zero-order chi connectivity index (χ0) is 15.0. The van der Waals surface area contributed by atoms with E-state index in [0.717, 1.165) is 29.5 Å². The third kappa shape index (κ3) is 2.49. The lowest BCUT2D eigenvalue weighted by atomic mass is 10.0. The van der Waals surface area contributed by atoms with Crippen LogP contribution in [0.4, 0.5) is 5.69 Å². The lowest BCUT2D eigenvalue weighted by molar-refractivity contribution is -0.385. The van der Waals surface area contributed by atoms with E-state index in [4.69, 9.17) is 5.73 Å². The SMILES string of the molecule is NC(=O)Cc1ccc(C2=CSC3=NCCN23)cc1[N+](=O)[O-]. The van der Waals surface area contributed by atoms with E-state index in [2.05, 4.69) is 4.99 Å². The van der Waals surface area contributed by atoms with Gasteiger partial charge in [-0.3, -0.25) is 19.9 Å². The van der Waals surface area contributed by atoms with Gasteiger partial charge in [0.15, 0.2) is 5.17 Å². The average molecular weight is 304 g/mol. The minimum atomic E-state index is -0.588. The first-order chi connectivity index (χ1) is 10.1. The number of aliphatic imine (C=N–C) groups is 1. The van der Waals surface area contributed by atoms with E-state index in [1.165, 1.54) is 17.8 Å². The van der Waals surface area contributed by atoms with Gasteiger partial charge < -0.3 is 10.6 Å². The lowest BCUT2D eigenvalue weighted by Crippen LogP contribution is -2.20. The maximum absolute atomic E-state index is 11.2. The molecular weight excluding hydrogens is 292 g/mol. The molecule has 3 rings (SSSR count). The molecule has 2 aliphatic rings. The Kier molecular flexibility index (Phi) is 3.38. The number of nitro groups is 1. The Morgan fingerprint density at radius 1 is 1.52 bits per heavy atom. The van der Waals surface area contributed by atoms with Crippen LogP contribution >= 0.6 is 11.8 Å². The van der Waals surface area contributed by atoms with Gasteiger partial charge in [0.05, 0.1) is 23.6 Å². The summed E-state index contributed by atoms with van der Waals surface area (Å²) in [4.78, 5) is 28.1. The number of fused-ring (bicyclic) bond motifs is 1. The quantitative estimate of drug-likeness (QED) is 0.668. The number of rotatable bonds is 4. The molecule has 1 aromatic rings. The highest BCUT2D eigenvalue weighted by molar-refractivity contribution is 8.16. The maximum atomic E-state index is 11.2. The fraction of sp³-hybridized carbons (Fsp3) is 0.231. The molecule has 8 heteroatoms. The van der Waals surface area contributed by atoms with Crippen LogP contribution in [-0.4, -0.2) is 34.0 Å². The average Bonchev–Trinajstić information content (AvgIpc) is 3.01. The smallest absolute Gasteiger partial charge is 0.273 e. The monoisotopic (exact) mass is 304 g/mol. The lowest BCUT2D eigenvalue weighted by Gasteiger charge is -2.16. The van der Waals surface area contributed by atoms with Crippen molar-refractivity contribution < 1.29 is 9.72 Å². The second kappa shape index (κ2) is 5.21. The number of hydrogen-bond acceptors (Lipinski definition) is 6. The minimum Gasteiger partial charge on any atom is -0.369 e. The zero-order valence-electron chi connectivity index (χ0n) is 11.0. The van der Waals surface area contributed by atoms with Crippen LogP contribution in [0.3, 0.4) is 0 Å². The third-order valence-corrected chi connectivity index (χ3v) is 4.21. The van der Waals surface area contributed by atoms with Crippen LogP contribution in [0.5, 0.6) is 0 Å². The minimum absolute atomic E-state index is 0.0817. The molecule has 0 unspecified atom stereocenters. The molecule has 7 nitrogen and oxygen atoms in total. The van der Waals surface area contributed by atoms with Crippen molar-refractivity contribution in [2.24, 2.45) is 10.7 Å². The number of hydrogen-bond donors (Lipinski definition) is 1. The van der Waals surface area contributed by atoms with Crippen LogP contribution in [0.2, 0.25) is 0 Å². The first-order valence-corrected chi connectivity index (χ1v) is 7.19. The first-order valence-electron chi connectivity index (χ1n) is 6.31. The van der Waals surface area contributed by atoms with Gasteiger partial charge in [-0.2, -0.15) is 0 Å². The van der Waals surface area contributed by atoms with Crippen LogP contribution in [0, 0.1) is 10.1 Å². The van der Waals surface area contributed by atoms with Crippen molar-refractivity contribution in [2.75, 3.05) is 13.1 Å². The molecule has 2 aliphatic heterocycles. The van der Waals surface area contributed by atoms with Crippen LogP contribution < -0.4 is 5.73 Å². The summed E-state index contributed by atoms with van der Waals surface area (Å²) in [6, 6.07) is 4.86. The highest BCUT2D eigenvalue weighted by atomic mass is 32.2. The Labute approximate surface area is 124 Å². The molecule has 0 atom stereocenters. The normalized spacial score (nSPS) is 16.5. The van der Waals surface area contributed by atoms with Crippen LogP contribution in [0.1, 0.15) is 11.1 Å². The van der Waals surface area contributed by atoms with Gasteiger partial charge >= 0.3 is 0 Å². The van der Waals surface area contributed by atoms with E-state index in [-0.39, 0.29) is 12.1 Å². The Morgan fingerprint density at radius 3 is 3.05 bits per heavy atom. The molecule has 0 aliphatic carbocycles. The van der Waals surface area contributed by atoms with Gasteiger partial charge in [0.25, 0.3) is 5.69 Å². The van der Waals surface area contributed by atoms with Gasteiger partial charge in [-0.25, -0.2) is 0 Å². The summed E-state index contributed by atoms with van der Waals surface area (Å²) < 4.78 is 0. The molecule has 0 saturated carbocycles. The van der Waals surface area contributed by atoms with Crippen LogP contribution in [0.25, 0.3) is 5.70 Å². The van der Waals surface area contributed by atoms with E-state index < -0.39 is 10.8 Å². The van der Waals surface area contributed by atoms with Crippen LogP contribution in [0.15, 0.2) is 28.6 Å². The standard InChI is InChI=1S/C13H12N4O3S/c14-12(18)6-9-2-1-8(5-10(9)17(19)20)11-7-21-13-15-3-4-16(11)13/h1-2,5,7H,3-4,6H2,(H2,14,18). The summed E-state index contributed by atoms with van der Waals surface area (Å²) in [5, 5.41) is 14.0. The number of nitrogens with zero attached hydrogens (tertiary/aromatic N) is 3. The number of amides is 1. The fourth-order valence-electron chi connectivity index (χ4n) is 2.38. The summed E-state index contributed by atoms with van der Waals surface area (Å²) in [6.07, 6.45) is -0.138. The number of carbonyl (C=O) groups excluding carboxylic acids is 1. The third-order valence-electron chi connectivity index (χ3n) is 3.31. The van der Waals surface area contributed by atoms with E-state index in [9.17, 15) is 14.9 Å². The number of carbonyl (C=O) groups is 1. The van der Waals surface area contributed by atoms with Gasteiger partial charge in [0.2, 0.25) is 5.91 Å². The Morgan fingerprint density at radius 2 is 2.33 bits per heavy atom. The predicted octanol–water partition coefficient (Wildman–Crippen LogP) is 1.34. The summed E-state index contributed by atoms with van der Waals surface area (Å²) in [7, 11) is 0. The van der Waals surface area contributed by atoms with Gasteiger partial charge in [-0.1, -0.05) is 23.9 Å². The number of nitrogens with two attached hydrogens (primary N) is 1. The molecule has 0 radical (unpaired) electrons. The second-order valence-corrected chi connectivity index (χ2v) is 5.52. The van der Waals surface area contributed by atoms with Gasteiger partial charge in [-0.15, -0.1) is 0 Å². The maximum Gasteiger partial charge on any atom is 0.273 e. The van der Waals surface area contributed by atoms with Crippen molar-refractivity contribution in [3.05, 3.63) is 44.8 Å². The molecule has 1 amide bonds. The second-order valence-electron chi connectivity index (χ2n) is 4.68. The predicted molar refractivity (Wildman–Crippen MR) is 80.6 cm³/mol. The van der Waals surface area contributed by atoms with Crippen molar-refractivity contribution in [1.82, 2.24) is 4.90 Å². The van der Waals surface area contributed by atoms with E-state index in [1.54, 1.807) is 12.1 Å².